The summed E-state index contributed by atoms with van der Waals surface area (Å²) < 4.78 is 15.7. The van der Waals surface area contributed by atoms with E-state index in [-0.39, 0.29) is 17.1 Å². The molecule has 1 aliphatic rings. The number of ether oxygens (including phenoxy) is 3. The van der Waals surface area contributed by atoms with Crippen LogP contribution in [0.1, 0.15) is 18.1 Å². The Morgan fingerprint density at radius 2 is 1.66 bits per heavy atom. The van der Waals surface area contributed by atoms with E-state index in [1.165, 1.54) is 19.1 Å². The number of anilines is 1. The summed E-state index contributed by atoms with van der Waals surface area (Å²) in [6, 6.07) is 12.9. The molecule has 0 N–H and O–H groups in total. The van der Waals surface area contributed by atoms with Gasteiger partial charge in [0.15, 0.2) is 11.5 Å². The molecule has 1 amide bonds. The Bertz CT molecular complexity index is 1020. The highest BCUT2D eigenvalue weighted by Gasteiger charge is 2.38. The molecule has 0 aliphatic carbocycles. The Morgan fingerprint density at radius 3 is 2.24 bits per heavy atom. The number of rotatable bonds is 5. The van der Waals surface area contributed by atoms with Gasteiger partial charge in [-0.3, -0.25) is 9.69 Å². The first kappa shape index (κ1) is 20.2. The second-order valence-corrected chi connectivity index (χ2v) is 6.57. The molecule has 0 radical (unpaired) electrons. The van der Waals surface area contributed by atoms with Crippen LogP contribution in [0.25, 0.3) is 6.08 Å². The van der Waals surface area contributed by atoms with Crippen LogP contribution in [-0.4, -0.2) is 33.2 Å². The average Bonchev–Trinajstić information content (AvgIpc) is 2.97. The predicted molar refractivity (Wildman–Crippen MR) is 111 cm³/mol. The number of methoxy groups -OCH3 is 3. The standard InChI is InChI=1S/C23H23NO5/c1-14-9-11-17(12-10-14)24-15(2)20(23(26)29-5)18(22(24)25)13-16-7-6-8-19(27-3)21(16)28-4/h6-13H,1-5H3/b18-13-. The summed E-state index contributed by atoms with van der Waals surface area (Å²) in [5, 5.41) is 0. The first-order chi connectivity index (χ1) is 13.9. The molecule has 0 fully saturated rings. The summed E-state index contributed by atoms with van der Waals surface area (Å²) >= 11 is 0. The fourth-order valence-corrected chi connectivity index (χ4v) is 3.37. The van der Waals surface area contributed by atoms with Gasteiger partial charge in [-0.05, 0) is 38.1 Å². The lowest BCUT2D eigenvalue weighted by molar-refractivity contribution is -0.136. The maximum atomic E-state index is 13.3. The van der Waals surface area contributed by atoms with Crippen molar-refractivity contribution in [2.75, 3.05) is 26.2 Å². The number of carbonyl (C=O) groups excluding carboxylic acids is 2. The number of carbonyl (C=O) groups is 2. The molecule has 0 spiro atoms. The molecule has 0 saturated heterocycles. The lowest BCUT2D eigenvalue weighted by atomic mass is 10.0. The first-order valence-corrected chi connectivity index (χ1v) is 9.06. The summed E-state index contributed by atoms with van der Waals surface area (Å²) in [5.74, 6) is 0.129. The van der Waals surface area contributed by atoms with Crippen LogP contribution >= 0.6 is 0 Å². The van der Waals surface area contributed by atoms with Gasteiger partial charge in [0.05, 0.1) is 32.5 Å². The molecule has 6 nitrogen and oxygen atoms in total. The van der Waals surface area contributed by atoms with Crippen LogP contribution in [0.2, 0.25) is 0 Å². The molecule has 0 saturated carbocycles. The van der Waals surface area contributed by atoms with Crippen LogP contribution in [0, 0.1) is 6.92 Å². The van der Waals surface area contributed by atoms with E-state index in [2.05, 4.69) is 0 Å². The molecule has 0 atom stereocenters. The van der Waals surface area contributed by atoms with Crippen LogP contribution in [0.15, 0.2) is 59.3 Å². The second-order valence-electron chi connectivity index (χ2n) is 6.57. The van der Waals surface area contributed by atoms with Gasteiger partial charge in [-0.25, -0.2) is 4.79 Å². The van der Waals surface area contributed by atoms with E-state index in [0.717, 1.165) is 5.56 Å². The van der Waals surface area contributed by atoms with Gasteiger partial charge in [-0.15, -0.1) is 0 Å². The molecule has 0 bridgehead atoms. The highest BCUT2D eigenvalue weighted by atomic mass is 16.5. The summed E-state index contributed by atoms with van der Waals surface area (Å²) in [7, 11) is 4.36. The van der Waals surface area contributed by atoms with Gasteiger partial charge in [0.1, 0.15) is 0 Å². The van der Waals surface area contributed by atoms with Crippen molar-refractivity contribution in [1.29, 1.82) is 0 Å². The number of allylic oxidation sites excluding steroid dienone is 1. The molecule has 0 aromatic heterocycles. The van der Waals surface area contributed by atoms with E-state index in [4.69, 9.17) is 14.2 Å². The topological polar surface area (TPSA) is 65.1 Å². The van der Waals surface area contributed by atoms with Gasteiger partial charge in [-0.1, -0.05) is 29.8 Å². The van der Waals surface area contributed by atoms with E-state index in [1.54, 1.807) is 38.3 Å². The average molecular weight is 393 g/mol. The first-order valence-electron chi connectivity index (χ1n) is 9.06. The third-order valence-electron chi connectivity index (χ3n) is 4.81. The van der Waals surface area contributed by atoms with Gasteiger partial charge < -0.3 is 14.2 Å². The van der Waals surface area contributed by atoms with Gasteiger partial charge >= 0.3 is 5.97 Å². The van der Waals surface area contributed by atoms with Crippen molar-refractivity contribution in [2.45, 2.75) is 13.8 Å². The van der Waals surface area contributed by atoms with Crippen LogP contribution in [0.5, 0.6) is 11.5 Å². The summed E-state index contributed by atoms with van der Waals surface area (Å²) in [5.41, 5.74) is 3.35. The smallest absolute Gasteiger partial charge is 0.340 e. The van der Waals surface area contributed by atoms with Gasteiger partial charge in [-0.2, -0.15) is 0 Å². The van der Waals surface area contributed by atoms with Crippen LogP contribution < -0.4 is 14.4 Å². The lowest BCUT2D eigenvalue weighted by Crippen LogP contribution is -2.24. The quantitative estimate of drug-likeness (QED) is 0.570. The SMILES string of the molecule is COC(=O)C1=C(C)N(c2ccc(C)cc2)C(=O)/C1=C\c1cccc(OC)c1OC. The Morgan fingerprint density at radius 1 is 0.966 bits per heavy atom. The molecule has 29 heavy (non-hydrogen) atoms. The molecule has 6 heteroatoms. The van der Waals surface area contributed by atoms with Crippen molar-refractivity contribution < 1.29 is 23.8 Å². The van der Waals surface area contributed by atoms with Gasteiger partial charge in [0, 0.05) is 16.9 Å². The zero-order valence-corrected chi connectivity index (χ0v) is 17.1. The maximum absolute atomic E-state index is 13.3. The molecular weight excluding hydrogens is 370 g/mol. The Hall–Kier alpha value is -3.54. The number of hydrogen-bond acceptors (Lipinski definition) is 5. The fourth-order valence-electron chi connectivity index (χ4n) is 3.37. The predicted octanol–water partition coefficient (Wildman–Crippen LogP) is 3.89. The lowest BCUT2D eigenvalue weighted by Gasteiger charge is -2.18. The molecule has 150 valence electrons. The number of nitrogens with zero attached hydrogens (tertiary/aromatic N) is 1. The van der Waals surface area contributed by atoms with Crippen LogP contribution in [-0.2, 0) is 14.3 Å². The number of para-hydroxylation sites is 1. The number of amides is 1. The molecule has 1 heterocycles. The molecular formula is C23H23NO5. The Labute approximate surface area is 170 Å². The minimum atomic E-state index is -0.571. The zero-order chi connectivity index (χ0) is 21.1. The van der Waals surface area contributed by atoms with Crippen molar-refractivity contribution in [3.05, 3.63) is 70.4 Å². The zero-order valence-electron chi connectivity index (χ0n) is 17.1. The van der Waals surface area contributed by atoms with Gasteiger partial charge in [0.2, 0.25) is 0 Å². The molecule has 2 aromatic carbocycles. The van der Waals surface area contributed by atoms with E-state index in [1.807, 2.05) is 31.2 Å². The normalized spacial score (nSPS) is 15.1. The van der Waals surface area contributed by atoms with E-state index in [9.17, 15) is 9.59 Å². The second kappa shape index (κ2) is 8.22. The number of hydrogen-bond donors (Lipinski definition) is 0. The molecule has 3 rings (SSSR count). The highest BCUT2D eigenvalue weighted by Crippen LogP contribution is 2.38. The minimum Gasteiger partial charge on any atom is -0.493 e. The Balaban J connectivity index is 2.18. The van der Waals surface area contributed by atoms with Crippen molar-refractivity contribution in [3.8, 4) is 11.5 Å². The monoisotopic (exact) mass is 393 g/mol. The fraction of sp³-hybridized carbons (Fsp3) is 0.217. The number of esters is 1. The largest absolute Gasteiger partial charge is 0.493 e. The van der Waals surface area contributed by atoms with E-state index < -0.39 is 5.97 Å². The van der Waals surface area contributed by atoms with Crippen molar-refractivity contribution >= 4 is 23.6 Å². The Kier molecular flexibility index (Phi) is 5.73. The van der Waals surface area contributed by atoms with E-state index >= 15 is 0 Å². The maximum Gasteiger partial charge on any atom is 0.340 e. The summed E-state index contributed by atoms with van der Waals surface area (Å²) in [6.07, 6.45) is 1.63. The molecule has 2 aromatic rings. The highest BCUT2D eigenvalue weighted by molar-refractivity contribution is 6.24. The molecule has 0 unspecified atom stereocenters. The summed E-state index contributed by atoms with van der Waals surface area (Å²) in [4.78, 5) is 27.4. The number of aryl methyl sites for hydroxylation is 1. The minimum absolute atomic E-state index is 0.225. The van der Waals surface area contributed by atoms with Gasteiger partial charge in [0.25, 0.3) is 5.91 Å². The van der Waals surface area contributed by atoms with Crippen molar-refractivity contribution in [2.24, 2.45) is 0 Å². The van der Waals surface area contributed by atoms with Crippen molar-refractivity contribution in [1.82, 2.24) is 0 Å². The number of benzene rings is 2. The van der Waals surface area contributed by atoms with Crippen LogP contribution in [0.3, 0.4) is 0 Å². The van der Waals surface area contributed by atoms with Crippen molar-refractivity contribution in [3.63, 3.8) is 0 Å². The van der Waals surface area contributed by atoms with Crippen LogP contribution in [0.4, 0.5) is 5.69 Å². The third kappa shape index (κ3) is 3.61. The molecule has 1 aliphatic heterocycles. The summed E-state index contributed by atoms with van der Waals surface area (Å²) in [6.45, 7) is 3.70. The third-order valence-corrected chi connectivity index (χ3v) is 4.81. The van der Waals surface area contributed by atoms with E-state index in [0.29, 0.717) is 28.4 Å².